The summed E-state index contributed by atoms with van der Waals surface area (Å²) in [7, 11) is 0. The molecule has 0 aromatic carbocycles. The fraction of sp³-hybridized carbons (Fsp3) is 0.615. The maximum absolute atomic E-state index is 5.56. The predicted octanol–water partition coefficient (Wildman–Crippen LogP) is 2.98. The van der Waals surface area contributed by atoms with E-state index in [9.17, 15) is 0 Å². The molecule has 0 spiro atoms. The summed E-state index contributed by atoms with van der Waals surface area (Å²) in [6.07, 6.45) is 10.1. The molecule has 0 bridgehead atoms. The van der Waals surface area contributed by atoms with Gasteiger partial charge in [-0.1, -0.05) is 31.7 Å². The maximum Gasteiger partial charge on any atom is 0.0434 e. The molecule has 1 heterocycles. The molecule has 1 aromatic rings. The lowest BCUT2D eigenvalue weighted by molar-refractivity contribution is 0.577. The molecule has 1 saturated carbocycles. The van der Waals surface area contributed by atoms with E-state index in [1.54, 1.807) is 0 Å². The summed E-state index contributed by atoms with van der Waals surface area (Å²) in [4.78, 5) is 4.53. The lowest BCUT2D eigenvalue weighted by atomic mass is 9.96. The third-order valence-electron chi connectivity index (χ3n) is 3.36. The first-order valence-electron chi connectivity index (χ1n) is 6.05. The van der Waals surface area contributed by atoms with Gasteiger partial charge in [0, 0.05) is 24.4 Å². The SMILES string of the molecule is NCc1ccc(C2CCCCCC2)nc1. The van der Waals surface area contributed by atoms with Crippen LogP contribution in [0, 0.1) is 0 Å². The van der Waals surface area contributed by atoms with Crippen LogP contribution in [-0.4, -0.2) is 4.98 Å². The average Bonchev–Trinajstić information content (AvgIpc) is 2.58. The van der Waals surface area contributed by atoms with E-state index in [0.29, 0.717) is 12.5 Å². The minimum atomic E-state index is 0.595. The highest BCUT2D eigenvalue weighted by Gasteiger charge is 2.14. The van der Waals surface area contributed by atoms with Crippen LogP contribution in [-0.2, 0) is 6.54 Å². The Labute approximate surface area is 91.9 Å². The number of aromatic nitrogens is 1. The number of nitrogens with two attached hydrogens (primary N) is 1. The summed E-state index contributed by atoms with van der Waals surface area (Å²) >= 11 is 0. The van der Waals surface area contributed by atoms with Crippen molar-refractivity contribution in [3.8, 4) is 0 Å². The van der Waals surface area contributed by atoms with Gasteiger partial charge in [0.2, 0.25) is 0 Å². The monoisotopic (exact) mass is 204 g/mol. The van der Waals surface area contributed by atoms with E-state index in [1.165, 1.54) is 44.2 Å². The first kappa shape index (κ1) is 10.6. The molecule has 15 heavy (non-hydrogen) atoms. The van der Waals surface area contributed by atoms with Crippen molar-refractivity contribution in [3.63, 3.8) is 0 Å². The molecule has 1 fully saturated rings. The molecule has 2 rings (SSSR count). The smallest absolute Gasteiger partial charge is 0.0434 e. The summed E-state index contributed by atoms with van der Waals surface area (Å²) in [6, 6.07) is 4.28. The zero-order chi connectivity index (χ0) is 10.5. The van der Waals surface area contributed by atoms with Gasteiger partial charge in [0.1, 0.15) is 0 Å². The average molecular weight is 204 g/mol. The molecule has 0 amide bonds. The molecule has 2 nitrogen and oxygen atoms in total. The van der Waals surface area contributed by atoms with Gasteiger partial charge < -0.3 is 5.73 Å². The van der Waals surface area contributed by atoms with E-state index in [4.69, 9.17) is 5.73 Å². The Morgan fingerprint density at radius 2 is 1.87 bits per heavy atom. The normalized spacial score (nSPS) is 18.7. The van der Waals surface area contributed by atoms with Crippen LogP contribution in [0.1, 0.15) is 55.7 Å². The fourth-order valence-electron chi connectivity index (χ4n) is 2.37. The van der Waals surface area contributed by atoms with Gasteiger partial charge in [0.05, 0.1) is 0 Å². The summed E-state index contributed by atoms with van der Waals surface area (Å²) in [6.45, 7) is 0.595. The zero-order valence-electron chi connectivity index (χ0n) is 9.28. The number of nitrogens with zero attached hydrogens (tertiary/aromatic N) is 1. The fourth-order valence-corrected chi connectivity index (χ4v) is 2.37. The van der Waals surface area contributed by atoms with Crippen molar-refractivity contribution in [3.05, 3.63) is 29.6 Å². The van der Waals surface area contributed by atoms with Crippen LogP contribution in [0.3, 0.4) is 0 Å². The minimum absolute atomic E-state index is 0.595. The van der Waals surface area contributed by atoms with E-state index in [1.807, 2.05) is 6.20 Å². The quantitative estimate of drug-likeness (QED) is 0.752. The second kappa shape index (κ2) is 5.26. The second-order valence-corrected chi connectivity index (χ2v) is 4.48. The first-order valence-corrected chi connectivity index (χ1v) is 6.05. The number of hydrogen-bond donors (Lipinski definition) is 1. The largest absolute Gasteiger partial charge is 0.326 e. The highest BCUT2D eigenvalue weighted by atomic mass is 14.7. The Bertz CT molecular complexity index is 284. The van der Waals surface area contributed by atoms with Gasteiger partial charge in [-0.15, -0.1) is 0 Å². The van der Waals surface area contributed by atoms with Gasteiger partial charge in [-0.2, -0.15) is 0 Å². The zero-order valence-corrected chi connectivity index (χ0v) is 9.28. The van der Waals surface area contributed by atoms with E-state index < -0.39 is 0 Å². The van der Waals surface area contributed by atoms with Crippen molar-refractivity contribution >= 4 is 0 Å². The van der Waals surface area contributed by atoms with Crippen LogP contribution in [0.4, 0.5) is 0 Å². The highest BCUT2D eigenvalue weighted by molar-refractivity contribution is 5.16. The summed E-state index contributed by atoms with van der Waals surface area (Å²) in [5.74, 6) is 0.694. The Hall–Kier alpha value is -0.890. The Morgan fingerprint density at radius 1 is 1.13 bits per heavy atom. The van der Waals surface area contributed by atoms with Crippen LogP contribution >= 0.6 is 0 Å². The molecule has 0 radical (unpaired) electrons. The van der Waals surface area contributed by atoms with Crippen molar-refractivity contribution in [1.29, 1.82) is 0 Å². The second-order valence-electron chi connectivity index (χ2n) is 4.48. The van der Waals surface area contributed by atoms with Gasteiger partial charge in [0.25, 0.3) is 0 Å². The van der Waals surface area contributed by atoms with Gasteiger partial charge in [-0.05, 0) is 24.5 Å². The van der Waals surface area contributed by atoms with E-state index in [0.717, 1.165) is 5.56 Å². The molecule has 0 unspecified atom stereocenters. The van der Waals surface area contributed by atoms with E-state index in [2.05, 4.69) is 17.1 Å². The molecular weight excluding hydrogens is 184 g/mol. The lowest BCUT2D eigenvalue weighted by Crippen LogP contribution is -2.02. The summed E-state index contributed by atoms with van der Waals surface area (Å²) in [5.41, 5.74) is 7.97. The van der Waals surface area contributed by atoms with Crippen LogP contribution in [0.15, 0.2) is 18.3 Å². The Balaban J connectivity index is 2.06. The molecule has 2 heteroatoms. The molecule has 2 N–H and O–H groups in total. The summed E-state index contributed by atoms with van der Waals surface area (Å²) < 4.78 is 0. The number of hydrogen-bond acceptors (Lipinski definition) is 2. The standard InChI is InChI=1S/C13H20N2/c14-9-11-7-8-13(15-10-11)12-5-3-1-2-4-6-12/h7-8,10,12H,1-6,9,14H2. The molecule has 0 saturated heterocycles. The Morgan fingerprint density at radius 3 is 2.40 bits per heavy atom. The molecule has 1 aliphatic carbocycles. The van der Waals surface area contributed by atoms with Crippen LogP contribution in [0.5, 0.6) is 0 Å². The van der Waals surface area contributed by atoms with Crippen molar-refractivity contribution in [1.82, 2.24) is 4.98 Å². The van der Waals surface area contributed by atoms with E-state index >= 15 is 0 Å². The van der Waals surface area contributed by atoms with Gasteiger partial charge in [-0.3, -0.25) is 4.98 Å². The van der Waals surface area contributed by atoms with Crippen molar-refractivity contribution in [2.45, 2.75) is 51.0 Å². The lowest BCUT2D eigenvalue weighted by Gasteiger charge is -2.13. The number of pyridine rings is 1. The van der Waals surface area contributed by atoms with Crippen LogP contribution in [0.2, 0.25) is 0 Å². The first-order chi connectivity index (χ1) is 7.40. The highest BCUT2D eigenvalue weighted by Crippen LogP contribution is 2.30. The summed E-state index contributed by atoms with van der Waals surface area (Å²) in [5, 5.41) is 0. The van der Waals surface area contributed by atoms with Crippen molar-refractivity contribution in [2.75, 3.05) is 0 Å². The van der Waals surface area contributed by atoms with Crippen LogP contribution in [0.25, 0.3) is 0 Å². The molecular formula is C13H20N2. The minimum Gasteiger partial charge on any atom is -0.326 e. The third kappa shape index (κ3) is 2.78. The van der Waals surface area contributed by atoms with Crippen molar-refractivity contribution in [2.24, 2.45) is 5.73 Å². The molecule has 0 aliphatic heterocycles. The van der Waals surface area contributed by atoms with Crippen LogP contribution < -0.4 is 5.73 Å². The maximum atomic E-state index is 5.56. The Kier molecular flexibility index (Phi) is 3.73. The van der Waals surface area contributed by atoms with Crippen molar-refractivity contribution < 1.29 is 0 Å². The molecule has 1 aliphatic rings. The van der Waals surface area contributed by atoms with E-state index in [-0.39, 0.29) is 0 Å². The molecule has 0 atom stereocenters. The van der Waals surface area contributed by atoms with Gasteiger partial charge in [-0.25, -0.2) is 0 Å². The van der Waals surface area contributed by atoms with Gasteiger partial charge >= 0.3 is 0 Å². The topological polar surface area (TPSA) is 38.9 Å². The molecule has 1 aromatic heterocycles. The molecule has 82 valence electrons. The predicted molar refractivity (Wildman–Crippen MR) is 62.6 cm³/mol. The third-order valence-corrected chi connectivity index (χ3v) is 3.36. The van der Waals surface area contributed by atoms with Gasteiger partial charge in [0.15, 0.2) is 0 Å². The number of rotatable bonds is 2.